The number of hydrogen-bond donors (Lipinski definition) is 0. The molecule has 7 nitrogen and oxygen atoms in total. The molecule has 0 aromatic carbocycles. The number of esters is 1. The van der Waals surface area contributed by atoms with Gasteiger partial charge in [0.25, 0.3) is 0 Å². The smallest absolute Gasteiger partial charge is 0.349 e. The molecule has 0 N–H and O–H groups in total. The highest BCUT2D eigenvalue weighted by atomic mass is 16.6. The fourth-order valence-corrected chi connectivity index (χ4v) is 3.43. The van der Waals surface area contributed by atoms with Crippen LogP contribution >= 0.6 is 0 Å². The van der Waals surface area contributed by atoms with Crippen molar-refractivity contribution in [1.29, 1.82) is 5.26 Å². The molecule has 0 saturated carbocycles. The van der Waals surface area contributed by atoms with Gasteiger partial charge in [-0.2, -0.15) is 5.26 Å². The lowest BCUT2D eigenvalue weighted by atomic mass is 9.90. The van der Waals surface area contributed by atoms with E-state index in [1.807, 2.05) is 39.8 Å². The van der Waals surface area contributed by atoms with Gasteiger partial charge in [-0.05, 0) is 71.8 Å². The third-order valence-corrected chi connectivity index (χ3v) is 5.19. The first-order valence-electron chi connectivity index (χ1n) is 11.7. The molecule has 0 aliphatic heterocycles. The van der Waals surface area contributed by atoms with E-state index in [4.69, 9.17) is 23.7 Å². The van der Waals surface area contributed by atoms with Gasteiger partial charge in [0.2, 0.25) is 0 Å². The molecule has 7 heteroatoms. The summed E-state index contributed by atoms with van der Waals surface area (Å²) >= 11 is 0. The Hall–Kier alpha value is -1.72. The summed E-state index contributed by atoms with van der Waals surface area (Å²) in [6.07, 6.45) is 7.36. The summed E-state index contributed by atoms with van der Waals surface area (Å²) in [5.41, 5.74) is 2.17. The van der Waals surface area contributed by atoms with E-state index in [9.17, 15) is 10.1 Å². The van der Waals surface area contributed by atoms with Crippen LogP contribution in [0.15, 0.2) is 22.8 Å². The van der Waals surface area contributed by atoms with Crippen LogP contribution in [0.5, 0.6) is 0 Å². The molecule has 0 bridgehead atoms. The normalized spacial score (nSPS) is 18.3. The molecule has 3 atom stereocenters. The lowest BCUT2D eigenvalue weighted by Gasteiger charge is -2.20. The zero-order valence-electron chi connectivity index (χ0n) is 20.5. The Morgan fingerprint density at radius 2 is 1.69 bits per heavy atom. The highest BCUT2D eigenvalue weighted by Crippen LogP contribution is 2.28. The molecular weight excluding hydrogens is 410 g/mol. The van der Waals surface area contributed by atoms with Crippen molar-refractivity contribution in [3.63, 3.8) is 0 Å². The van der Waals surface area contributed by atoms with Gasteiger partial charge in [-0.3, -0.25) is 0 Å². The van der Waals surface area contributed by atoms with Crippen molar-refractivity contribution in [2.45, 2.75) is 84.5 Å². The Morgan fingerprint density at radius 3 is 2.31 bits per heavy atom. The number of carbonyl (C=O) groups is 1. The number of nitriles is 1. The van der Waals surface area contributed by atoms with Crippen molar-refractivity contribution in [1.82, 2.24) is 0 Å². The number of ether oxygens (including phenoxy) is 5. The van der Waals surface area contributed by atoms with E-state index in [-0.39, 0.29) is 30.5 Å². The number of nitrogens with zero attached hydrogens (tertiary/aromatic N) is 1. The molecule has 32 heavy (non-hydrogen) atoms. The average Bonchev–Trinajstić information content (AvgIpc) is 2.78. The molecule has 0 saturated heterocycles. The van der Waals surface area contributed by atoms with Gasteiger partial charge in [-0.15, -0.1) is 0 Å². The summed E-state index contributed by atoms with van der Waals surface area (Å²) in [5.74, 6) is -0.579. The highest BCUT2D eigenvalue weighted by Gasteiger charge is 2.20. The molecule has 0 aromatic heterocycles. The largest absolute Gasteiger partial charge is 0.459 e. The summed E-state index contributed by atoms with van der Waals surface area (Å²) < 4.78 is 27.3. The van der Waals surface area contributed by atoms with E-state index in [1.54, 1.807) is 7.11 Å². The van der Waals surface area contributed by atoms with Gasteiger partial charge in [-0.25, -0.2) is 4.79 Å². The standard InChI is InChI=1S/C25H41NO6/c1-6-29-19(2)16-30-20(3)17-31-21(4)18-32-25(27)24(15-26)23-12-9-11-22(14-23)10-7-8-13-28-5/h14,19-21H,6-13,16-18H2,1-5H3/b24-23-. The Kier molecular flexibility index (Phi) is 14.9. The van der Waals surface area contributed by atoms with E-state index in [0.29, 0.717) is 19.8 Å². The molecule has 182 valence electrons. The monoisotopic (exact) mass is 451 g/mol. The van der Waals surface area contributed by atoms with Crippen LogP contribution in [0, 0.1) is 11.3 Å². The fraction of sp³-hybridized carbons (Fsp3) is 0.760. The van der Waals surface area contributed by atoms with Gasteiger partial charge >= 0.3 is 5.97 Å². The summed E-state index contributed by atoms with van der Waals surface area (Å²) in [6, 6.07) is 2.05. The van der Waals surface area contributed by atoms with Gasteiger partial charge in [-0.1, -0.05) is 11.6 Å². The number of unbranched alkanes of at least 4 members (excludes halogenated alkanes) is 1. The minimum Gasteiger partial charge on any atom is -0.459 e. The van der Waals surface area contributed by atoms with E-state index in [0.717, 1.165) is 50.7 Å². The molecule has 0 radical (unpaired) electrons. The zero-order chi connectivity index (χ0) is 23.8. The third-order valence-electron chi connectivity index (χ3n) is 5.19. The van der Waals surface area contributed by atoms with Crippen molar-refractivity contribution >= 4 is 5.97 Å². The third kappa shape index (κ3) is 11.8. The first kappa shape index (κ1) is 28.3. The molecular formula is C25H41NO6. The minimum atomic E-state index is -0.579. The van der Waals surface area contributed by atoms with Crippen LogP contribution in [0.1, 0.15) is 66.2 Å². The molecule has 3 unspecified atom stereocenters. The van der Waals surface area contributed by atoms with Crippen molar-refractivity contribution in [2.24, 2.45) is 0 Å². The first-order chi connectivity index (χ1) is 15.4. The highest BCUT2D eigenvalue weighted by molar-refractivity contribution is 5.94. The number of methoxy groups -OCH3 is 1. The topological polar surface area (TPSA) is 87.0 Å². The molecule has 0 aromatic rings. The second-order valence-electron chi connectivity index (χ2n) is 8.27. The lowest BCUT2D eigenvalue weighted by molar-refractivity contribution is -0.143. The average molecular weight is 452 g/mol. The van der Waals surface area contributed by atoms with Crippen molar-refractivity contribution in [3.05, 3.63) is 22.8 Å². The minimum absolute atomic E-state index is 0.0398. The van der Waals surface area contributed by atoms with Crippen molar-refractivity contribution in [3.8, 4) is 6.07 Å². The number of rotatable bonds is 16. The van der Waals surface area contributed by atoms with Gasteiger partial charge in [0, 0.05) is 20.3 Å². The summed E-state index contributed by atoms with van der Waals surface area (Å²) in [7, 11) is 1.70. The second kappa shape index (κ2) is 16.8. The number of hydrogen-bond acceptors (Lipinski definition) is 7. The zero-order valence-corrected chi connectivity index (χ0v) is 20.5. The van der Waals surface area contributed by atoms with E-state index in [1.165, 1.54) is 5.57 Å². The van der Waals surface area contributed by atoms with Crippen LogP contribution < -0.4 is 0 Å². The van der Waals surface area contributed by atoms with Crippen LogP contribution in [0.25, 0.3) is 0 Å². The Bertz CT molecular complexity index is 651. The Balaban J connectivity index is 2.47. The molecule has 1 aliphatic carbocycles. The van der Waals surface area contributed by atoms with Crippen LogP contribution in [0.2, 0.25) is 0 Å². The maximum absolute atomic E-state index is 12.5. The summed E-state index contributed by atoms with van der Waals surface area (Å²) in [5, 5.41) is 9.55. The van der Waals surface area contributed by atoms with E-state index < -0.39 is 5.97 Å². The predicted octanol–water partition coefficient (Wildman–Crippen LogP) is 4.51. The molecule has 0 amide bonds. The van der Waals surface area contributed by atoms with Crippen molar-refractivity contribution in [2.75, 3.05) is 40.1 Å². The van der Waals surface area contributed by atoms with E-state index >= 15 is 0 Å². The maximum Gasteiger partial charge on any atom is 0.349 e. The van der Waals surface area contributed by atoms with Crippen LogP contribution in [-0.4, -0.2) is 64.4 Å². The fourth-order valence-electron chi connectivity index (χ4n) is 3.43. The second-order valence-corrected chi connectivity index (χ2v) is 8.27. The first-order valence-corrected chi connectivity index (χ1v) is 11.7. The molecule has 1 aliphatic rings. The van der Waals surface area contributed by atoms with Gasteiger partial charge in [0.05, 0.1) is 31.5 Å². The van der Waals surface area contributed by atoms with Crippen LogP contribution in [0.3, 0.4) is 0 Å². The molecule has 0 fully saturated rings. The summed E-state index contributed by atoms with van der Waals surface area (Å²) in [6.45, 7) is 10.1. The number of carbonyl (C=O) groups excluding carboxylic acids is 1. The quantitative estimate of drug-likeness (QED) is 0.148. The Morgan fingerprint density at radius 1 is 1.03 bits per heavy atom. The van der Waals surface area contributed by atoms with Gasteiger partial charge < -0.3 is 23.7 Å². The van der Waals surface area contributed by atoms with Crippen LogP contribution in [0.4, 0.5) is 0 Å². The summed E-state index contributed by atoms with van der Waals surface area (Å²) in [4.78, 5) is 12.5. The SMILES string of the molecule is CCOC(C)COC(C)COC(C)COC(=O)/C(C#N)=C1\C=C(CCCCOC)CCC1. The van der Waals surface area contributed by atoms with E-state index in [2.05, 4.69) is 0 Å². The maximum atomic E-state index is 12.5. The molecule has 1 rings (SSSR count). The lowest BCUT2D eigenvalue weighted by Crippen LogP contribution is -2.27. The molecule has 0 heterocycles. The molecule has 0 spiro atoms. The predicted molar refractivity (Wildman–Crippen MR) is 123 cm³/mol. The van der Waals surface area contributed by atoms with Crippen LogP contribution in [-0.2, 0) is 28.5 Å². The number of allylic oxidation sites excluding steroid dienone is 3. The van der Waals surface area contributed by atoms with Gasteiger partial charge in [0.15, 0.2) is 0 Å². The van der Waals surface area contributed by atoms with Crippen molar-refractivity contribution < 1.29 is 28.5 Å². The van der Waals surface area contributed by atoms with Gasteiger partial charge in [0.1, 0.15) is 18.2 Å². The Labute approximate surface area is 193 Å².